The fraction of sp³-hybridized carbons (Fsp3) is 0.917. The second kappa shape index (κ2) is 5.92. The summed E-state index contributed by atoms with van der Waals surface area (Å²) in [5.41, 5.74) is 4.92. The van der Waals surface area contributed by atoms with E-state index in [0.717, 1.165) is 11.0 Å². The molecule has 16 heavy (non-hydrogen) atoms. The van der Waals surface area contributed by atoms with Crippen molar-refractivity contribution in [3.8, 4) is 0 Å². The standard InChI is InChI=1S/C12H24N2OS/c1-9(2)14-12(3,11(13)15)8-16-10-6-4-5-7-10/h9-10,14H,4-8H2,1-3H3,(H2,13,15). The zero-order chi connectivity index (χ0) is 12.2. The van der Waals surface area contributed by atoms with Crippen LogP contribution in [0.25, 0.3) is 0 Å². The third kappa shape index (κ3) is 3.98. The van der Waals surface area contributed by atoms with E-state index in [1.165, 1.54) is 25.7 Å². The fourth-order valence-corrected chi connectivity index (χ4v) is 3.62. The highest BCUT2D eigenvalue weighted by atomic mass is 32.2. The predicted octanol–water partition coefficient (Wildman–Crippen LogP) is 1.90. The Labute approximate surface area is 103 Å². The van der Waals surface area contributed by atoms with Gasteiger partial charge in [-0.05, 0) is 33.6 Å². The van der Waals surface area contributed by atoms with Crippen LogP contribution in [-0.4, -0.2) is 28.5 Å². The number of carbonyl (C=O) groups excluding carboxylic acids is 1. The normalized spacial score (nSPS) is 21.2. The topological polar surface area (TPSA) is 55.1 Å². The molecule has 1 fully saturated rings. The number of hydrogen-bond acceptors (Lipinski definition) is 3. The lowest BCUT2D eigenvalue weighted by Crippen LogP contribution is -2.57. The van der Waals surface area contributed by atoms with E-state index in [2.05, 4.69) is 5.32 Å². The Kier molecular flexibility index (Phi) is 5.12. The van der Waals surface area contributed by atoms with E-state index in [4.69, 9.17) is 5.73 Å². The molecule has 1 amide bonds. The van der Waals surface area contributed by atoms with Gasteiger partial charge in [-0.25, -0.2) is 0 Å². The largest absolute Gasteiger partial charge is 0.368 e. The van der Waals surface area contributed by atoms with E-state index in [1.807, 2.05) is 32.5 Å². The molecule has 1 rings (SSSR count). The van der Waals surface area contributed by atoms with Gasteiger partial charge in [0.1, 0.15) is 5.54 Å². The predicted molar refractivity (Wildman–Crippen MR) is 70.6 cm³/mol. The van der Waals surface area contributed by atoms with Gasteiger partial charge in [-0.2, -0.15) is 11.8 Å². The van der Waals surface area contributed by atoms with Crippen molar-refractivity contribution in [3.63, 3.8) is 0 Å². The molecule has 0 bridgehead atoms. The molecule has 0 heterocycles. The van der Waals surface area contributed by atoms with E-state index in [9.17, 15) is 4.79 Å². The Morgan fingerprint density at radius 1 is 1.50 bits per heavy atom. The van der Waals surface area contributed by atoms with Crippen LogP contribution in [0.5, 0.6) is 0 Å². The first-order valence-electron chi connectivity index (χ1n) is 6.13. The minimum absolute atomic E-state index is 0.244. The van der Waals surface area contributed by atoms with E-state index in [1.54, 1.807) is 0 Å². The highest BCUT2D eigenvalue weighted by Gasteiger charge is 2.32. The van der Waals surface area contributed by atoms with Crippen molar-refractivity contribution in [3.05, 3.63) is 0 Å². The first-order valence-corrected chi connectivity index (χ1v) is 7.18. The number of amides is 1. The summed E-state index contributed by atoms with van der Waals surface area (Å²) in [6, 6.07) is 0.279. The van der Waals surface area contributed by atoms with Crippen LogP contribution in [0, 0.1) is 0 Å². The van der Waals surface area contributed by atoms with Crippen molar-refractivity contribution in [2.24, 2.45) is 5.73 Å². The molecular formula is C12H24N2OS. The van der Waals surface area contributed by atoms with E-state index in [-0.39, 0.29) is 11.9 Å². The maximum atomic E-state index is 11.5. The summed E-state index contributed by atoms with van der Waals surface area (Å²) in [4.78, 5) is 11.5. The first-order chi connectivity index (χ1) is 7.44. The van der Waals surface area contributed by atoms with Crippen LogP contribution in [0.15, 0.2) is 0 Å². The highest BCUT2D eigenvalue weighted by molar-refractivity contribution is 8.00. The molecule has 1 unspecified atom stereocenters. The third-order valence-electron chi connectivity index (χ3n) is 3.06. The van der Waals surface area contributed by atoms with Gasteiger partial charge in [0.2, 0.25) is 5.91 Å². The van der Waals surface area contributed by atoms with Crippen molar-refractivity contribution in [1.29, 1.82) is 0 Å². The van der Waals surface area contributed by atoms with Gasteiger partial charge in [0.15, 0.2) is 0 Å². The molecule has 0 aromatic heterocycles. The zero-order valence-corrected chi connectivity index (χ0v) is 11.4. The fourth-order valence-electron chi connectivity index (χ4n) is 2.16. The van der Waals surface area contributed by atoms with Gasteiger partial charge in [0.25, 0.3) is 0 Å². The van der Waals surface area contributed by atoms with Gasteiger partial charge in [0, 0.05) is 17.0 Å². The van der Waals surface area contributed by atoms with Crippen LogP contribution in [0.2, 0.25) is 0 Å². The molecular weight excluding hydrogens is 220 g/mol. The first kappa shape index (κ1) is 13.8. The lowest BCUT2D eigenvalue weighted by atomic mass is 10.0. The smallest absolute Gasteiger partial charge is 0.238 e. The number of primary amides is 1. The van der Waals surface area contributed by atoms with Gasteiger partial charge in [-0.1, -0.05) is 12.8 Å². The minimum Gasteiger partial charge on any atom is -0.368 e. The summed E-state index contributed by atoms with van der Waals surface area (Å²) < 4.78 is 0. The Bertz CT molecular complexity index is 239. The van der Waals surface area contributed by atoms with Crippen molar-refractivity contribution >= 4 is 17.7 Å². The average molecular weight is 244 g/mol. The molecule has 0 saturated heterocycles. The number of rotatable bonds is 6. The number of thioether (sulfide) groups is 1. The van der Waals surface area contributed by atoms with Crippen LogP contribution in [-0.2, 0) is 4.79 Å². The second-order valence-corrected chi connectivity index (χ2v) is 6.50. The molecule has 0 aromatic carbocycles. The van der Waals surface area contributed by atoms with Gasteiger partial charge in [0.05, 0.1) is 0 Å². The summed E-state index contributed by atoms with van der Waals surface area (Å²) in [5, 5.41) is 4.01. The molecule has 94 valence electrons. The van der Waals surface area contributed by atoms with Crippen molar-refractivity contribution < 1.29 is 4.79 Å². The SMILES string of the molecule is CC(C)NC(C)(CSC1CCCC1)C(N)=O. The quantitative estimate of drug-likeness (QED) is 0.750. The molecule has 1 aliphatic carbocycles. The monoisotopic (exact) mass is 244 g/mol. The van der Waals surface area contributed by atoms with E-state index < -0.39 is 5.54 Å². The molecule has 1 saturated carbocycles. The molecule has 0 radical (unpaired) electrons. The second-order valence-electron chi connectivity index (χ2n) is 5.21. The van der Waals surface area contributed by atoms with Crippen molar-refractivity contribution in [1.82, 2.24) is 5.32 Å². The number of hydrogen-bond donors (Lipinski definition) is 2. The Balaban J connectivity index is 2.46. The lowest BCUT2D eigenvalue weighted by molar-refractivity contribution is -0.123. The van der Waals surface area contributed by atoms with Crippen LogP contribution < -0.4 is 11.1 Å². The molecule has 0 aromatic rings. The van der Waals surface area contributed by atoms with Gasteiger partial charge < -0.3 is 11.1 Å². The molecule has 1 atom stereocenters. The molecule has 0 spiro atoms. The zero-order valence-electron chi connectivity index (χ0n) is 10.6. The van der Waals surface area contributed by atoms with Gasteiger partial charge in [-0.3, -0.25) is 4.79 Å². The van der Waals surface area contributed by atoms with Gasteiger partial charge >= 0.3 is 0 Å². The molecule has 4 heteroatoms. The van der Waals surface area contributed by atoms with Crippen LogP contribution >= 0.6 is 11.8 Å². The summed E-state index contributed by atoms with van der Waals surface area (Å²) in [6.45, 7) is 6.00. The van der Waals surface area contributed by atoms with E-state index in [0.29, 0.717) is 0 Å². The summed E-state index contributed by atoms with van der Waals surface area (Å²) in [6.07, 6.45) is 5.26. The Morgan fingerprint density at radius 3 is 2.50 bits per heavy atom. The summed E-state index contributed by atoms with van der Waals surface area (Å²) >= 11 is 1.90. The van der Waals surface area contributed by atoms with Crippen molar-refractivity contribution in [2.75, 3.05) is 5.75 Å². The van der Waals surface area contributed by atoms with Crippen LogP contribution in [0.4, 0.5) is 0 Å². The summed E-state index contributed by atoms with van der Waals surface area (Å²) in [5.74, 6) is 0.539. The third-order valence-corrected chi connectivity index (χ3v) is 4.75. The molecule has 3 nitrogen and oxygen atoms in total. The van der Waals surface area contributed by atoms with E-state index >= 15 is 0 Å². The Morgan fingerprint density at radius 2 is 2.06 bits per heavy atom. The summed E-state index contributed by atoms with van der Waals surface area (Å²) in [7, 11) is 0. The van der Waals surface area contributed by atoms with Crippen molar-refractivity contribution in [2.45, 2.75) is 63.3 Å². The number of nitrogens with two attached hydrogens (primary N) is 1. The van der Waals surface area contributed by atoms with Crippen LogP contribution in [0.3, 0.4) is 0 Å². The molecule has 1 aliphatic rings. The average Bonchev–Trinajstić information content (AvgIpc) is 2.65. The number of nitrogens with one attached hydrogen (secondary N) is 1. The molecule has 3 N–H and O–H groups in total. The molecule has 0 aliphatic heterocycles. The minimum atomic E-state index is -0.568. The number of carbonyl (C=O) groups is 1. The lowest BCUT2D eigenvalue weighted by Gasteiger charge is -2.30. The van der Waals surface area contributed by atoms with Gasteiger partial charge in [-0.15, -0.1) is 0 Å². The maximum absolute atomic E-state index is 11.5. The maximum Gasteiger partial charge on any atom is 0.238 e. The highest BCUT2D eigenvalue weighted by Crippen LogP contribution is 2.31. The Hall–Kier alpha value is -0.220. The van der Waals surface area contributed by atoms with Crippen LogP contribution in [0.1, 0.15) is 46.5 Å².